The lowest BCUT2D eigenvalue weighted by Crippen LogP contribution is -2.46. The Kier molecular flexibility index (Phi) is 11.5. The first-order chi connectivity index (χ1) is 16.6. The second kappa shape index (κ2) is 14.9. The predicted molar refractivity (Wildman–Crippen MR) is 140 cm³/mol. The smallest absolute Gasteiger partial charge is 0.119 e. The molecule has 1 fully saturated rings. The molecule has 1 saturated heterocycles. The van der Waals surface area contributed by atoms with Gasteiger partial charge in [-0.1, -0.05) is 44.9 Å². The number of hydrogen-bond acceptors (Lipinski definition) is 6. The summed E-state index contributed by atoms with van der Waals surface area (Å²) in [6.07, 6.45) is 4.28. The molecule has 0 spiro atoms. The van der Waals surface area contributed by atoms with Crippen LogP contribution in [0.15, 0.2) is 54.6 Å². The summed E-state index contributed by atoms with van der Waals surface area (Å²) in [4.78, 5) is 5.08. The van der Waals surface area contributed by atoms with Crippen LogP contribution in [0.4, 0.5) is 5.69 Å². The lowest BCUT2D eigenvalue weighted by Gasteiger charge is -2.36. The van der Waals surface area contributed by atoms with Gasteiger partial charge in [0.2, 0.25) is 0 Å². The minimum absolute atomic E-state index is 0.280. The van der Waals surface area contributed by atoms with Crippen LogP contribution >= 0.6 is 0 Å². The number of piperazine rings is 1. The van der Waals surface area contributed by atoms with Crippen molar-refractivity contribution in [2.24, 2.45) is 0 Å². The molecule has 34 heavy (non-hydrogen) atoms. The fourth-order valence-corrected chi connectivity index (χ4v) is 4.10. The number of benzene rings is 2. The molecule has 0 amide bonds. The molecule has 0 aliphatic carbocycles. The topological polar surface area (TPSA) is 57.2 Å². The number of ether oxygens (including phenoxy) is 2. The number of unbranched alkanes of at least 4 members (excludes halogenated alkanes) is 3. The van der Waals surface area contributed by atoms with Crippen molar-refractivity contribution in [1.29, 1.82) is 0 Å². The quantitative estimate of drug-likeness (QED) is 0.382. The maximum Gasteiger partial charge on any atom is 0.119 e. The normalized spacial score (nSPS) is 15.5. The average molecular weight is 470 g/mol. The Labute approximate surface area is 205 Å². The number of anilines is 1. The van der Waals surface area contributed by atoms with Gasteiger partial charge in [-0.15, -0.1) is 0 Å². The molecule has 1 aliphatic rings. The van der Waals surface area contributed by atoms with E-state index in [9.17, 15) is 5.11 Å². The van der Waals surface area contributed by atoms with Crippen molar-refractivity contribution in [3.63, 3.8) is 0 Å². The fourth-order valence-electron chi connectivity index (χ4n) is 4.10. The molecule has 1 heterocycles. The van der Waals surface area contributed by atoms with E-state index in [2.05, 4.69) is 59.3 Å². The van der Waals surface area contributed by atoms with Crippen molar-refractivity contribution in [3.05, 3.63) is 54.6 Å². The fraction of sp³-hybridized carbons (Fsp3) is 0.571. The van der Waals surface area contributed by atoms with Crippen LogP contribution in [0.2, 0.25) is 0 Å². The van der Waals surface area contributed by atoms with Crippen LogP contribution in [0.5, 0.6) is 11.5 Å². The number of nitrogens with zero attached hydrogens (tertiary/aromatic N) is 2. The van der Waals surface area contributed by atoms with Gasteiger partial charge < -0.3 is 24.8 Å². The van der Waals surface area contributed by atoms with Gasteiger partial charge in [-0.05, 0) is 55.8 Å². The van der Waals surface area contributed by atoms with Gasteiger partial charge in [0, 0.05) is 44.5 Å². The summed E-state index contributed by atoms with van der Waals surface area (Å²) < 4.78 is 11.5. The summed E-state index contributed by atoms with van der Waals surface area (Å²) in [6, 6.07) is 18.8. The van der Waals surface area contributed by atoms with Gasteiger partial charge >= 0.3 is 0 Å². The molecule has 2 aromatic carbocycles. The van der Waals surface area contributed by atoms with Gasteiger partial charge in [0.25, 0.3) is 0 Å². The van der Waals surface area contributed by atoms with Crippen LogP contribution in [0, 0.1) is 0 Å². The van der Waals surface area contributed by atoms with E-state index >= 15 is 0 Å². The number of aliphatic hydroxyl groups is 1. The van der Waals surface area contributed by atoms with Crippen molar-refractivity contribution in [2.75, 3.05) is 57.4 Å². The second-order valence-electron chi connectivity index (χ2n) is 9.43. The van der Waals surface area contributed by atoms with E-state index in [1.807, 2.05) is 24.3 Å². The zero-order valence-corrected chi connectivity index (χ0v) is 21.0. The Morgan fingerprint density at radius 3 is 2.15 bits per heavy atom. The van der Waals surface area contributed by atoms with E-state index in [-0.39, 0.29) is 6.61 Å². The van der Waals surface area contributed by atoms with Crippen molar-refractivity contribution in [2.45, 2.75) is 51.7 Å². The minimum atomic E-state index is -0.516. The summed E-state index contributed by atoms with van der Waals surface area (Å²) in [5.41, 5.74) is 1.35. The Bertz CT molecular complexity index is 777. The van der Waals surface area contributed by atoms with Crippen LogP contribution in [0.3, 0.4) is 0 Å². The SMILES string of the molecule is CC(C)NCC(O)COc1ccc(OCCCCCCN2CCN(c3ccccc3)CC2)cc1. The van der Waals surface area contributed by atoms with Crippen LogP contribution in [0.25, 0.3) is 0 Å². The van der Waals surface area contributed by atoms with E-state index in [0.29, 0.717) is 12.6 Å². The third-order valence-electron chi connectivity index (χ3n) is 6.16. The van der Waals surface area contributed by atoms with Crippen molar-refractivity contribution >= 4 is 5.69 Å². The maximum atomic E-state index is 9.93. The molecule has 2 N–H and O–H groups in total. The summed E-state index contributed by atoms with van der Waals surface area (Å²) >= 11 is 0. The zero-order valence-electron chi connectivity index (χ0n) is 21.0. The highest BCUT2D eigenvalue weighted by atomic mass is 16.5. The monoisotopic (exact) mass is 469 g/mol. The Hall–Kier alpha value is -2.28. The zero-order chi connectivity index (χ0) is 24.0. The van der Waals surface area contributed by atoms with Crippen LogP contribution in [-0.4, -0.2) is 74.6 Å². The number of para-hydroxylation sites is 1. The van der Waals surface area contributed by atoms with Crippen molar-refractivity contribution in [1.82, 2.24) is 10.2 Å². The van der Waals surface area contributed by atoms with Gasteiger partial charge in [0.1, 0.15) is 24.2 Å². The highest BCUT2D eigenvalue weighted by molar-refractivity contribution is 5.46. The van der Waals surface area contributed by atoms with Crippen LogP contribution < -0.4 is 19.7 Å². The Morgan fingerprint density at radius 1 is 0.824 bits per heavy atom. The molecule has 2 aromatic rings. The predicted octanol–water partition coefficient (Wildman–Crippen LogP) is 4.19. The molecular formula is C28H43N3O3. The van der Waals surface area contributed by atoms with E-state index in [1.54, 1.807) is 0 Å². The van der Waals surface area contributed by atoms with E-state index in [4.69, 9.17) is 9.47 Å². The summed E-state index contributed by atoms with van der Waals surface area (Å²) in [5, 5.41) is 13.1. The maximum absolute atomic E-state index is 9.93. The van der Waals surface area contributed by atoms with Gasteiger partial charge in [-0.2, -0.15) is 0 Å². The lowest BCUT2D eigenvalue weighted by molar-refractivity contribution is 0.104. The highest BCUT2D eigenvalue weighted by Gasteiger charge is 2.16. The first kappa shape index (κ1) is 26.3. The molecule has 1 atom stereocenters. The standard InChI is InChI=1S/C28H43N3O3/c1-24(2)29-22-26(32)23-34-28-14-12-27(13-15-28)33-21-9-4-3-8-16-30-17-19-31(20-18-30)25-10-6-5-7-11-25/h5-7,10-15,24,26,29,32H,3-4,8-9,16-23H2,1-2H3. The average Bonchev–Trinajstić information content (AvgIpc) is 2.87. The van der Waals surface area contributed by atoms with Crippen LogP contribution in [0.1, 0.15) is 39.5 Å². The molecule has 1 unspecified atom stereocenters. The summed E-state index contributed by atoms with van der Waals surface area (Å²) in [6.45, 7) is 11.4. The third kappa shape index (κ3) is 9.92. The van der Waals surface area contributed by atoms with Gasteiger partial charge in [-0.25, -0.2) is 0 Å². The van der Waals surface area contributed by atoms with Crippen molar-refractivity contribution in [3.8, 4) is 11.5 Å². The first-order valence-corrected chi connectivity index (χ1v) is 12.9. The minimum Gasteiger partial charge on any atom is -0.494 e. The van der Waals surface area contributed by atoms with Gasteiger partial charge in [0.15, 0.2) is 0 Å². The Morgan fingerprint density at radius 2 is 1.47 bits per heavy atom. The molecule has 3 rings (SSSR count). The van der Waals surface area contributed by atoms with E-state index < -0.39 is 6.10 Å². The molecular weight excluding hydrogens is 426 g/mol. The number of nitrogens with one attached hydrogen (secondary N) is 1. The number of aliphatic hydroxyl groups excluding tert-OH is 1. The molecule has 0 bridgehead atoms. The number of hydrogen-bond donors (Lipinski definition) is 2. The second-order valence-corrected chi connectivity index (χ2v) is 9.43. The van der Waals surface area contributed by atoms with E-state index in [0.717, 1.165) is 50.7 Å². The molecule has 188 valence electrons. The first-order valence-electron chi connectivity index (χ1n) is 12.9. The summed E-state index contributed by atoms with van der Waals surface area (Å²) in [7, 11) is 0. The third-order valence-corrected chi connectivity index (χ3v) is 6.16. The molecule has 6 nitrogen and oxygen atoms in total. The largest absolute Gasteiger partial charge is 0.494 e. The molecule has 1 aliphatic heterocycles. The van der Waals surface area contributed by atoms with Gasteiger partial charge in [-0.3, -0.25) is 4.90 Å². The van der Waals surface area contributed by atoms with Crippen molar-refractivity contribution < 1.29 is 14.6 Å². The molecule has 0 radical (unpaired) electrons. The van der Waals surface area contributed by atoms with Crippen LogP contribution in [-0.2, 0) is 0 Å². The molecule has 0 saturated carbocycles. The molecule has 0 aromatic heterocycles. The molecule has 6 heteroatoms. The number of rotatable bonds is 15. The highest BCUT2D eigenvalue weighted by Crippen LogP contribution is 2.19. The van der Waals surface area contributed by atoms with Gasteiger partial charge in [0.05, 0.1) is 6.61 Å². The lowest BCUT2D eigenvalue weighted by atomic mass is 10.2. The Balaban J connectivity index is 1.18. The van der Waals surface area contributed by atoms with E-state index in [1.165, 1.54) is 31.5 Å². The summed E-state index contributed by atoms with van der Waals surface area (Å²) in [5.74, 6) is 1.62.